The number of hydrogen-bond donors (Lipinski definition) is 0. The Kier molecular flexibility index (Phi) is 6.22. The lowest BCUT2D eigenvalue weighted by Gasteiger charge is -2.39. The van der Waals surface area contributed by atoms with E-state index < -0.39 is 11.7 Å². The minimum Gasteiger partial charge on any atom is -0.356 e. The van der Waals surface area contributed by atoms with Gasteiger partial charge in [-0.3, -0.25) is 4.79 Å². The molecule has 5 heterocycles. The number of alkyl halides is 3. The van der Waals surface area contributed by atoms with Gasteiger partial charge < -0.3 is 14.7 Å². The van der Waals surface area contributed by atoms with Crippen LogP contribution in [0.1, 0.15) is 18.4 Å². The number of anilines is 2. The molecule has 0 saturated carbocycles. The van der Waals surface area contributed by atoms with Gasteiger partial charge in [0, 0.05) is 51.5 Å². The van der Waals surface area contributed by atoms with E-state index in [0.29, 0.717) is 44.4 Å². The lowest BCUT2D eigenvalue weighted by Crippen LogP contribution is -2.52. The van der Waals surface area contributed by atoms with E-state index in [4.69, 9.17) is 0 Å². The SMILES string of the molecule is O=C(C1CCCN(c2cc(-n3cncn3)ncn2)C1)N1CCN(c2ccc(C(F)(F)F)cn2)CC1. The summed E-state index contributed by atoms with van der Waals surface area (Å²) in [6.07, 6.45) is 2.59. The zero-order valence-corrected chi connectivity index (χ0v) is 18.8. The first kappa shape index (κ1) is 23.0. The van der Waals surface area contributed by atoms with Crippen molar-refractivity contribution in [3.8, 4) is 5.82 Å². The number of carbonyl (C=O) groups is 1. The molecule has 13 heteroatoms. The Morgan fingerprint density at radius 1 is 0.914 bits per heavy atom. The first-order valence-corrected chi connectivity index (χ1v) is 11.4. The van der Waals surface area contributed by atoms with E-state index in [-0.39, 0.29) is 11.8 Å². The van der Waals surface area contributed by atoms with Crippen molar-refractivity contribution < 1.29 is 18.0 Å². The maximum absolute atomic E-state index is 13.3. The summed E-state index contributed by atoms with van der Waals surface area (Å²) < 4.78 is 39.9. The molecule has 2 aliphatic heterocycles. The van der Waals surface area contributed by atoms with Gasteiger partial charge in [0.25, 0.3) is 0 Å². The Labute approximate surface area is 199 Å². The van der Waals surface area contributed by atoms with Crippen LogP contribution in [0.3, 0.4) is 0 Å². The number of pyridine rings is 1. The molecule has 2 saturated heterocycles. The summed E-state index contributed by atoms with van der Waals surface area (Å²) in [6, 6.07) is 4.25. The van der Waals surface area contributed by atoms with Crippen molar-refractivity contribution in [1.29, 1.82) is 0 Å². The van der Waals surface area contributed by atoms with Gasteiger partial charge in [-0.1, -0.05) is 0 Å². The van der Waals surface area contributed by atoms with Crippen LogP contribution >= 0.6 is 0 Å². The lowest BCUT2D eigenvalue weighted by atomic mass is 9.96. The second-order valence-corrected chi connectivity index (χ2v) is 8.57. The maximum atomic E-state index is 13.3. The molecule has 1 amide bonds. The Hall–Kier alpha value is -3.77. The van der Waals surface area contributed by atoms with E-state index in [9.17, 15) is 18.0 Å². The summed E-state index contributed by atoms with van der Waals surface area (Å²) in [4.78, 5) is 35.6. The molecule has 35 heavy (non-hydrogen) atoms. The van der Waals surface area contributed by atoms with Gasteiger partial charge in [0.05, 0.1) is 11.5 Å². The third kappa shape index (κ3) is 5.03. The number of aromatic nitrogens is 6. The van der Waals surface area contributed by atoms with Crippen LogP contribution < -0.4 is 9.80 Å². The maximum Gasteiger partial charge on any atom is 0.417 e. The van der Waals surface area contributed by atoms with Crippen molar-refractivity contribution in [2.24, 2.45) is 5.92 Å². The molecule has 2 fully saturated rings. The van der Waals surface area contributed by atoms with Crippen molar-refractivity contribution in [2.45, 2.75) is 19.0 Å². The highest BCUT2D eigenvalue weighted by atomic mass is 19.4. The number of hydrogen-bond acceptors (Lipinski definition) is 8. The fourth-order valence-electron chi connectivity index (χ4n) is 4.50. The van der Waals surface area contributed by atoms with Gasteiger partial charge in [-0.25, -0.2) is 24.6 Å². The van der Waals surface area contributed by atoms with E-state index in [0.717, 1.165) is 37.5 Å². The second kappa shape index (κ2) is 9.47. The van der Waals surface area contributed by atoms with Crippen molar-refractivity contribution in [3.05, 3.63) is 48.9 Å². The van der Waals surface area contributed by atoms with E-state index in [1.165, 1.54) is 18.7 Å². The zero-order chi connectivity index (χ0) is 24.4. The van der Waals surface area contributed by atoms with Gasteiger partial charge >= 0.3 is 6.18 Å². The summed E-state index contributed by atoms with van der Waals surface area (Å²) in [5.74, 6) is 1.78. The molecule has 0 bridgehead atoms. The largest absolute Gasteiger partial charge is 0.417 e. The number of nitrogens with zero attached hydrogens (tertiary/aromatic N) is 9. The molecule has 0 spiro atoms. The van der Waals surface area contributed by atoms with Gasteiger partial charge in [0.15, 0.2) is 5.82 Å². The molecule has 0 radical (unpaired) electrons. The summed E-state index contributed by atoms with van der Waals surface area (Å²) in [6.45, 7) is 3.41. The van der Waals surface area contributed by atoms with Crippen molar-refractivity contribution in [1.82, 2.24) is 34.6 Å². The van der Waals surface area contributed by atoms with Crippen LogP contribution in [0, 0.1) is 5.92 Å². The second-order valence-electron chi connectivity index (χ2n) is 8.57. The van der Waals surface area contributed by atoms with Crippen LogP contribution in [-0.2, 0) is 11.0 Å². The number of piperidine rings is 1. The molecule has 3 aromatic rings. The van der Waals surface area contributed by atoms with Crippen LogP contribution in [0.2, 0.25) is 0 Å². The van der Waals surface area contributed by atoms with E-state index in [1.807, 2.05) is 15.9 Å². The molecule has 1 unspecified atom stereocenters. The third-order valence-corrected chi connectivity index (χ3v) is 6.38. The lowest BCUT2D eigenvalue weighted by molar-refractivity contribution is -0.138. The number of piperazine rings is 1. The summed E-state index contributed by atoms with van der Waals surface area (Å²) in [5, 5.41) is 4.10. The van der Waals surface area contributed by atoms with E-state index in [2.05, 4.69) is 29.9 Å². The summed E-state index contributed by atoms with van der Waals surface area (Å²) in [5.41, 5.74) is -0.769. The highest BCUT2D eigenvalue weighted by molar-refractivity contribution is 5.80. The molecular weight excluding hydrogens is 463 g/mol. The third-order valence-electron chi connectivity index (χ3n) is 6.38. The number of carbonyl (C=O) groups excluding carboxylic acids is 1. The predicted molar refractivity (Wildman–Crippen MR) is 120 cm³/mol. The molecule has 184 valence electrons. The topological polar surface area (TPSA) is 96.2 Å². The predicted octanol–water partition coefficient (Wildman–Crippen LogP) is 2.04. The zero-order valence-electron chi connectivity index (χ0n) is 18.8. The van der Waals surface area contributed by atoms with Crippen molar-refractivity contribution in [2.75, 3.05) is 49.1 Å². The highest BCUT2D eigenvalue weighted by Gasteiger charge is 2.33. The Morgan fingerprint density at radius 2 is 1.71 bits per heavy atom. The van der Waals surface area contributed by atoms with E-state index in [1.54, 1.807) is 11.0 Å². The van der Waals surface area contributed by atoms with Gasteiger partial charge in [-0.2, -0.15) is 18.3 Å². The molecule has 10 nitrogen and oxygen atoms in total. The summed E-state index contributed by atoms with van der Waals surface area (Å²) in [7, 11) is 0. The normalized spacial score (nSPS) is 19.2. The van der Waals surface area contributed by atoms with Crippen LogP contribution in [0.25, 0.3) is 5.82 Å². The molecular formula is C22H24F3N9O. The first-order chi connectivity index (χ1) is 16.9. The highest BCUT2D eigenvalue weighted by Crippen LogP contribution is 2.30. The summed E-state index contributed by atoms with van der Waals surface area (Å²) >= 11 is 0. The van der Waals surface area contributed by atoms with Crippen LogP contribution in [0.4, 0.5) is 24.8 Å². The van der Waals surface area contributed by atoms with Gasteiger partial charge in [0.2, 0.25) is 5.91 Å². The minimum atomic E-state index is -4.41. The number of amides is 1. The van der Waals surface area contributed by atoms with Crippen LogP contribution in [-0.4, -0.2) is 79.8 Å². The number of rotatable bonds is 4. The first-order valence-electron chi connectivity index (χ1n) is 11.4. The Balaban J connectivity index is 1.19. The molecule has 2 aliphatic rings. The Bertz CT molecular complexity index is 1150. The molecule has 3 aromatic heterocycles. The van der Waals surface area contributed by atoms with Gasteiger partial charge in [0.1, 0.15) is 30.6 Å². The van der Waals surface area contributed by atoms with Gasteiger partial charge in [-0.15, -0.1) is 0 Å². The fraction of sp³-hybridized carbons (Fsp3) is 0.455. The van der Waals surface area contributed by atoms with E-state index >= 15 is 0 Å². The van der Waals surface area contributed by atoms with Crippen LogP contribution in [0.15, 0.2) is 43.4 Å². The standard InChI is InChI=1S/C22H24F3N9O/c23-22(24,25)17-3-4-18(27-11-17)31-6-8-32(9-7-31)21(35)16-2-1-5-33(12-16)19-10-20(29-14-28-19)34-15-26-13-30-34/h3-4,10-11,13-16H,1-2,5-9,12H2. The average Bonchev–Trinajstić information content (AvgIpc) is 3.43. The van der Waals surface area contributed by atoms with Crippen LogP contribution in [0.5, 0.6) is 0 Å². The Morgan fingerprint density at radius 3 is 2.40 bits per heavy atom. The molecule has 1 atom stereocenters. The van der Waals surface area contributed by atoms with Crippen molar-refractivity contribution in [3.63, 3.8) is 0 Å². The molecule has 0 N–H and O–H groups in total. The molecule has 5 rings (SSSR count). The smallest absolute Gasteiger partial charge is 0.356 e. The number of halogens is 3. The monoisotopic (exact) mass is 487 g/mol. The van der Waals surface area contributed by atoms with Crippen molar-refractivity contribution >= 4 is 17.5 Å². The molecule has 0 aliphatic carbocycles. The fourth-order valence-corrected chi connectivity index (χ4v) is 4.50. The van der Waals surface area contributed by atoms with Gasteiger partial charge in [-0.05, 0) is 25.0 Å². The quantitative estimate of drug-likeness (QED) is 0.552. The average molecular weight is 487 g/mol. The minimum absolute atomic E-state index is 0.0975. The molecule has 0 aromatic carbocycles.